The predicted octanol–water partition coefficient (Wildman–Crippen LogP) is 2.93. The second-order valence-electron chi connectivity index (χ2n) is 6.24. The summed E-state index contributed by atoms with van der Waals surface area (Å²) in [5.74, 6) is 0.920. The summed E-state index contributed by atoms with van der Waals surface area (Å²) in [4.78, 5) is 2.52. The number of hydrogen-bond donors (Lipinski definition) is 1. The van der Waals surface area contributed by atoms with E-state index < -0.39 is 0 Å². The molecule has 1 aromatic carbocycles. The van der Waals surface area contributed by atoms with Gasteiger partial charge >= 0.3 is 0 Å². The van der Waals surface area contributed by atoms with Crippen molar-refractivity contribution in [3.8, 4) is 5.75 Å². The highest BCUT2D eigenvalue weighted by Gasteiger charge is 2.19. The second-order valence-corrected chi connectivity index (χ2v) is 6.24. The van der Waals surface area contributed by atoms with Gasteiger partial charge in [0.15, 0.2) is 0 Å². The third-order valence-corrected chi connectivity index (χ3v) is 3.62. The third kappa shape index (κ3) is 5.93. The van der Waals surface area contributed by atoms with Crippen LogP contribution in [0, 0.1) is 5.41 Å². The van der Waals surface area contributed by atoms with Crippen molar-refractivity contribution in [3.63, 3.8) is 0 Å². The molecule has 2 N–H and O–H groups in total. The molecule has 0 saturated heterocycles. The van der Waals surface area contributed by atoms with Crippen LogP contribution >= 0.6 is 0 Å². The van der Waals surface area contributed by atoms with E-state index >= 15 is 0 Å². The van der Waals surface area contributed by atoms with Gasteiger partial charge in [-0.2, -0.15) is 0 Å². The summed E-state index contributed by atoms with van der Waals surface area (Å²) in [5, 5.41) is 0. The number of benzene rings is 1. The lowest BCUT2D eigenvalue weighted by Gasteiger charge is -2.31. The van der Waals surface area contributed by atoms with Crippen molar-refractivity contribution in [2.24, 2.45) is 11.1 Å². The Morgan fingerprint density at radius 1 is 1.15 bits per heavy atom. The summed E-state index contributed by atoms with van der Waals surface area (Å²) in [6, 6.07) is 8.36. The van der Waals surface area contributed by atoms with Crippen molar-refractivity contribution in [1.82, 2.24) is 4.90 Å². The Hall–Kier alpha value is -1.06. The molecule has 0 saturated carbocycles. The first kappa shape index (κ1) is 17.0. The zero-order chi connectivity index (χ0) is 15.0. The highest BCUT2D eigenvalue weighted by Crippen LogP contribution is 2.16. The summed E-state index contributed by atoms with van der Waals surface area (Å²) < 4.78 is 5.19. The number of methoxy groups -OCH3 is 1. The normalized spacial score (nSPS) is 11.9. The maximum absolute atomic E-state index is 5.85. The summed E-state index contributed by atoms with van der Waals surface area (Å²) in [6.07, 6.45) is 2.26. The average Bonchev–Trinajstić information content (AvgIpc) is 2.45. The zero-order valence-electron chi connectivity index (χ0n) is 13.5. The predicted molar refractivity (Wildman–Crippen MR) is 86.3 cm³/mol. The van der Waals surface area contributed by atoms with Gasteiger partial charge in [-0.1, -0.05) is 32.9 Å². The number of ether oxygens (including phenoxy) is 1. The number of hydrogen-bond acceptors (Lipinski definition) is 3. The van der Waals surface area contributed by atoms with E-state index in [9.17, 15) is 0 Å². The van der Waals surface area contributed by atoms with Crippen LogP contribution in [0.15, 0.2) is 24.3 Å². The lowest BCUT2D eigenvalue weighted by atomic mass is 9.93. The molecule has 114 valence electrons. The quantitative estimate of drug-likeness (QED) is 0.755. The Morgan fingerprint density at radius 2 is 1.80 bits per heavy atom. The maximum atomic E-state index is 5.85. The van der Waals surface area contributed by atoms with Crippen molar-refractivity contribution in [2.45, 2.75) is 33.6 Å². The summed E-state index contributed by atoms with van der Waals surface area (Å²) in [6.45, 7) is 10.7. The molecule has 0 atom stereocenters. The monoisotopic (exact) mass is 278 g/mol. The molecular formula is C17H30N2O. The van der Waals surface area contributed by atoms with Gasteiger partial charge in [0.2, 0.25) is 0 Å². The first-order chi connectivity index (χ1) is 9.50. The van der Waals surface area contributed by atoms with E-state index in [1.54, 1.807) is 7.11 Å². The highest BCUT2D eigenvalue weighted by molar-refractivity contribution is 5.27. The molecule has 1 aromatic rings. The lowest BCUT2D eigenvalue weighted by molar-refractivity contribution is 0.184. The molecule has 0 aliphatic rings. The van der Waals surface area contributed by atoms with Gasteiger partial charge in [0.05, 0.1) is 7.11 Å². The van der Waals surface area contributed by atoms with Gasteiger partial charge in [-0.25, -0.2) is 0 Å². The minimum atomic E-state index is 0.190. The van der Waals surface area contributed by atoms with Gasteiger partial charge in [-0.05, 0) is 49.0 Å². The van der Waals surface area contributed by atoms with Crippen molar-refractivity contribution in [2.75, 3.05) is 33.3 Å². The summed E-state index contributed by atoms with van der Waals surface area (Å²) in [7, 11) is 1.70. The molecule has 0 aromatic heterocycles. The van der Waals surface area contributed by atoms with Crippen LogP contribution in [0.3, 0.4) is 0 Å². The Bertz CT molecular complexity index is 373. The molecule has 0 spiro atoms. The van der Waals surface area contributed by atoms with Gasteiger partial charge < -0.3 is 15.4 Å². The molecule has 0 bridgehead atoms. The smallest absolute Gasteiger partial charge is 0.118 e. The Kier molecular flexibility index (Phi) is 7.03. The fourth-order valence-electron chi connectivity index (χ4n) is 2.34. The van der Waals surface area contributed by atoms with Gasteiger partial charge in [0, 0.05) is 13.1 Å². The van der Waals surface area contributed by atoms with E-state index in [1.807, 2.05) is 12.1 Å². The van der Waals surface area contributed by atoms with Crippen molar-refractivity contribution in [1.29, 1.82) is 0 Å². The van der Waals surface area contributed by atoms with Crippen LogP contribution in [-0.2, 0) is 6.42 Å². The van der Waals surface area contributed by atoms with Crippen molar-refractivity contribution in [3.05, 3.63) is 29.8 Å². The molecule has 20 heavy (non-hydrogen) atoms. The van der Waals surface area contributed by atoms with E-state index in [2.05, 4.69) is 37.8 Å². The Balaban J connectivity index is 2.52. The fourth-order valence-corrected chi connectivity index (χ4v) is 2.34. The summed E-state index contributed by atoms with van der Waals surface area (Å²) in [5.41, 5.74) is 7.40. The molecule has 1 rings (SSSR count). The van der Waals surface area contributed by atoms with E-state index in [0.717, 1.165) is 38.3 Å². The molecule has 0 amide bonds. The number of nitrogens with zero attached hydrogens (tertiary/aromatic N) is 1. The van der Waals surface area contributed by atoms with Crippen LogP contribution in [0.1, 0.15) is 32.8 Å². The largest absolute Gasteiger partial charge is 0.497 e. The molecule has 0 unspecified atom stereocenters. The van der Waals surface area contributed by atoms with E-state index in [4.69, 9.17) is 10.5 Å². The molecule has 0 fully saturated rings. The molecule has 0 radical (unpaired) electrons. The van der Waals surface area contributed by atoms with E-state index in [0.29, 0.717) is 0 Å². The summed E-state index contributed by atoms with van der Waals surface area (Å²) >= 11 is 0. The topological polar surface area (TPSA) is 38.5 Å². The number of rotatable bonds is 9. The Labute approximate surface area is 124 Å². The van der Waals surface area contributed by atoms with Gasteiger partial charge in [-0.15, -0.1) is 0 Å². The van der Waals surface area contributed by atoms with Crippen LogP contribution in [-0.4, -0.2) is 38.2 Å². The van der Waals surface area contributed by atoms with Crippen molar-refractivity contribution < 1.29 is 4.74 Å². The SMILES string of the molecule is CCCN(CCc1ccc(OC)cc1)CC(C)(C)CN. The molecule has 3 nitrogen and oxygen atoms in total. The van der Waals surface area contributed by atoms with Gasteiger partial charge in [0.1, 0.15) is 5.75 Å². The van der Waals surface area contributed by atoms with E-state index in [1.165, 1.54) is 12.0 Å². The Morgan fingerprint density at radius 3 is 2.30 bits per heavy atom. The van der Waals surface area contributed by atoms with Crippen LogP contribution in [0.4, 0.5) is 0 Å². The molecule has 0 aliphatic heterocycles. The second kappa shape index (κ2) is 8.28. The third-order valence-electron chi connectivity index (χ3n) is 3.62. The average molecular weight is 278 g/mol. The van der Waals surface area contributed by atoms with Crippen LogP contribution < -0.4 is 10.5 Å². The number of nitrogens with two attached hydrogens (primary N) is 1. The minimum Gasteiger partial charge on any atom is -0.497 e. The molecule has 0 aliphatic carbocycles. The van der Waals surface area contributed by atoms with Crippen LogP contribution in [0.2, 0.25) is 0 Å². The standard InChI is InChI=1S/C17H30N2O/c1-5-11-19(14-17(2,3)13-18)12-10-15-6-8-16(20-4)9-7-15/h6-9H,5,10-14,18H2,1-4H3. The van der Waals surface area contributed by atoms with Crippen LogP contribution in [0.5, 0.6) is 5.75 Å². The highest BCUT2D eigenvalue weighted by atomic mass is 16.5. The molecule has 3 heteroatoms. The van der Waals surface area contributed by atoms with Gasteiger partial charge in [0.25, 0.3) is 0 Å². The molecular weight excluding hydrogens is 248 g/mol. The minimum absolute atomic E-state index is 0.190. The van der Waals surface area contributed by atoms with Gasteiger partial charge in [-0.3, -0.25) is 0 Å². The molecule has 0 heterocycles. The fraction of sp³-hybridized carbons (Fsp3) is 0.647. The first-order valence-electron chi connectivity index (χ1n) is 7.56. The first-order valence-corrected chi connectivity index (χ1v) is 7.56. The van der Waals surface area contributed by atoms with Crippen molar-refractivity contribution >= 4 is 0 Å². The van der Waals surface area contributed by atoms with E-state index in [-0.39, 0.29) is 5.41 Å². The zero-order valence-corrected chi connectivity index (χ0v) is 13.5. The lowest BCUT2D eigenvalue weighted by Crippen LogP contribution is -2.40. The van der Waals surface area contributed by atoms with Crippen LogP contribution in [0.25, 0.3) is 0 Å². The maximum Gasteiger partial charge on any atom is 0.118 e.